The Balaban J connectivity index is 2.07. The smallest absolute Gasteiger partial charge is 0.153 e. The molecule has 0 saturated carbocycles. The zero-order valence-electron chi connectivity index (χ0n) is 16.0. The summed E-state index contributed by atoms with van der Waals surface area (Å²) < 4.78 is 5.13. The molecule has 4 heteroatoms. The molecule has 4 nitrogen and oxygen atoms in total. The first-order valence-corrected chi connectivity index (χ1v) is 8.59. The van der Waals surface area contributed by atoms with Gasteiger partial charge in [0.2, 0.25) is 0 Å². The van der Waals surface area contributed by atoms with Crippen molar-refractivity contribution in [1.29, 1.82) is 0 Å². The number of nitrogens with zero attached hydrogens (tertiary/aromatic N) is 3. The van der Waals surface area contributed by atoms with Crippen LogP contribution in [0.25, 0.3) is 0 Å². The molecule has 0 aromatic carbocycles. The van der Waals surface area contributed by atoms with E-state index in [1.165, 1.54) is 5.70 Å². The summed E-state index contributed by atoms with van der Waals surface area (Å²) in [6.45, 7) is 13.9. The molecule has 1 saturated heterocycles. The van der Waals surface area contributed by atoms with E-state index in [1.54, 1.807) is 7.11 Å². The van der Waals surface area contributed by atoms with Gasteiger partial charge in [0.05, 0.1) is 24.6 Å². The fourth-order valence-electron chi connectivity index (χ4n) is 2.87. The van der Waals surface area contributed by atoms with Crippen LogP contribution in [-0.4, -0.2) is 42.4 Å². The zero-order valence-corrected chi connectivity index (χ0v) is 16.0. The number of dihydropyridines is 1. The third kappa shape index (κ3) is 4.31. The van der Waals surface area contributed by atoms with Crippen molar-refractivity contribution in [2.45, 2.75) is 46.6 Å². The summed E-state index contributed by atoms with van der Waals surface area (Å²) in [5, 5.41) is 0. The highest BCUT2D eigenvalue weighted by Gasteiger charge is 2.36. The minimum atomic E-state index is 0.213. The Morgan fingerprint density at radius 1 is 1.46 bits per heavy atom. The van der Waals surface area contributed by atoms with E-state index in [0.717, 1.165) is 36.8 Å². The molecule has 24 heavy (non-hydrogen) atoms. The molecule has 132 valence electrons. The first-order valence-electron chi connectivity index (χ1n) is 8.59. The number of aliphatic imine (C=N–C) groups is 1. The lowest BCUT2D eigenvalue weighted by Gasteiger charge is -2.29. The van der Waals surface area contributed by atoms with Gasteiger partial charge in [-0.05, 0) is 31.3 Å². The first-order chi connectivity index (χ1) is 11.2. The Labute approximate surface area is 146 Å². The molecule has 2 heterocycles. The van der Waals surface area contributed by atoms with Gasteiger partial charge in [-0.2, -0.15) is 0 Å². The largest absolute Gasteiger partial charge is 0.501 e. The van der Waals surface area contributed by atoms with Gasteiger partial charge >= 0.3 is 0 Å². The molecule has 1 atom stereocenters. The molecule has 2 aliphatic heterocycles. The van der Waals surface area contributed by atoms with Crippen LogP contribution in [-0.2, 0) is 4.74 Å². The van der Waals surface area contributed by atoms with Gasteiger partial charge in [-0.1, -0.05) is 45.6 Å². The summed E-state index contributed by atoms with van der Waals surface area (Å²) in [4.78, 5) is 9.38. The van der Waals surface area contributed by atoms with Crippen molar-refractivity contribution < 1.29 is 4.74 Å². The van der Waals surface area contributed by atoms with Crippen LogP contribution >= 0.6 is 0 Å². The SMILES string of the molecule is C=C1N(C)C2=NC(CC=CC=C(C)OC)CC=C2N1CC(C)(C)C. The lowest BCUT2D eigenvalue weighted by Crippen LogP contribution is -2.29. The Morgan fingerprint density at radius 3 is 2.79 bits per heavy atom. The van der Waals surface area contributed by atoms with Gasteiger partial charge in [0.25, 0.3) is 0 Å². The second-order valence-corrected chi connectivity index (χ2v) is 7.70. The fraction of sp³-hybridized carbons (Fsp3) is 0.550. The van der Waals surface area contributed by atoms with E-state index in [4.69, 9.17) is 9.73 Å². The van der Waals surface area contributed by atoms with Crippen molar-refractivity contribution in [3.05, 3.63) is 48.2 Å². The minimum Gasteiger partial charge on any atom is -0.501 e. The second kappa shape index (κ2) is 7.29. The van der Waals surface area contributed by atoms with Crippen LogP contribution in [0.15, 0.2) is 53.2 Å². The molecule has 0 aliphatic carbocycles. The molecule has 2 rings (SSSR count). The molecule has 0 amide bonds. The summed E-state index contributed by atoms with van der Waals surface area (Å²) in [7, 11) is 3.74. The topological polar surface area (TPSA) is 28.1 Å². The third-order valence-corrected chi connectivity index (χ3v) is 4.25. The molecule has 1 unspecified atom stereocenters. The highest BCUT2D eigenvalue weighted by atomic mass is 16.5. The van der Waals surface area contributed by atoms with Crippen molar-refractivity contribution >= 4 is 5.84 Å². The lowest BCUT2D eigenvalue weighted by molar-refractivity contribution is 0.271. The first kappa shape index (κ1) is 18.4. The standard InChI is InChI=1S/C20H31N3O/c1-15(24-7)10-8-9-11-17-12-13-18-19(21-17)22(6)16(2)23(18)14-20(3,4)5/h8-10,13,17H,2,11-12,14H2,1,3-7H3. The van der Waals surface area contributed by atoms with Crippen LogP contribution in [0, 0.1) is 5.41 Å². The molecular formula is C20H31N3O. The van der Waals surface area contributed by atoms with Gasteiger partial charge in [0, 0.05) is 13.6 Å². The Hall–Kier alpha value is -1.97. The molecule has 0 aromatic rings. The highest BCUT2D eigenvalue weighted by Crippen LogP contribution is 2.34. The summed E-state index contributed by atoms with van der Waals surface area (Å²) in [6, 6.07) is 0.293. The molecule has 0 aromatic heterocycles. The summed E-state index contributed by atoms with van der Waals surface area (Å²) >= 11 is 0. The van der Waals surface area contributed by atoms with Crippen molar-refractivity contribution in [3.8, 4) is 0 Å². The van der Waals surface area contributed by atoms with E-state index in [-0.39, 0.29) is 5.41 Å². The Bertz CT molecular complexity index is 605. The molecule has 2 aliphatic rings. The van der Waals surface area contributed by atoms with Gasteiger partial charge in [-0.25, -0.2) is 0 Å². The van der Waals surface area contributed by atoms with E-state index in [9.17, 15) is 0 Å². The van der Waals surface area contributed by atoms with Crippen molar-refractivity contribution in [1.82, 2.24) is 9.80 Å². The van der Waals surface area contributed by atoms with Crippen LogP contribution in [0.2, 0.25) is 0 Å². The van der Waals surface area contributed by atoms with E-state index >= 15 is 0 Å². The van der Waals surface area contributed by atoms with Crippen LogP contribution in [0.4, 0.5) is 0 Å². The summed E-state index contributed by atoms with van der Waals surface area (Å²) in [6.07, 6.45) is 10.4. The summed E-state index contributed by atoms with van der Waals surface area (Å²) in [5.41, 5.74) is 1.43. The van der Waals surface area contributed by atoms with Crippen LogP contribution < -0.4 is 0 Å². The lowest BCUT2D eigenvalue weighted by atomic mass is 9.95. The number of fused-ring (bicyclic) bond motifs is 1. The predicted octanol–water partition coefficient (Wildman–Crippen LogP) is 4.30. The quantitative estimate of drug-likeness (QED) is 0.556. The van der Waals surface area contributed by atoms with Crippen molar-refractivity contribution in [2.75, 3.05) is 20.7 Å². The van der Waals surface area contributed by atoms with E-state index < -0.39 is 0 Å². The number of ether oxygens (including phenoxy) is 1. The molecule has 0 N–H and O–H groups in total. The van der Waals surface area contributed by atoms with Crippen LogP contribution in [0.3, 0.4) is 0 Å². The third-order valence-electron chi connectivity index (χ3n) is 4.25. The number of likely N-dealkylation sites (N-methyl/N-ethyl adjacent to an activating group) is 1. The van der Waals surface area contributed by atoms with Gasteiger partial charge in [0.1, 0.15) is 5.82 Å². The van der Waals surface area contributed by atoms with Crippen LogP contribution in [0.1, 0.15) is 40.5 Å². The van der Waals surface area contributed by atoms with E-state index in [0.29, 0.717) is 6.04 Å². The average Bonchev–Trinajstić information content (AvgIpc) is 2.75. The van der Waals surface area contributed by atoms with E-state index in [1.807, 2.05) is 19.1 Å². The Morgan fingerprint density at radius 2 is 2.17 bits per heavy atom. The van der Waals surface area contributed by atoms with Crippen LogP contribution in [0.5, 0.6) is 0 Å². The minimum absolute atomic E-state index is 0.213. The number of methoxy groups -OCH3 is 1. The maximum absolute atomic E-state index is 5.13. The molecule has 1 fully saturated rings. The predicted molar refractivity (Wildman–Crippen MR) is 102 cm³/mol. The highest BCUT2D eigenvalue weighted by molar-refractivity contribution is 6.02. The fourth-order valence-corrected chi connectivity index (χ4v) is 2.87. The number of rotatable bonds is 5. The average molecular weight is 329 g/mol. The molecule has 0 spiro atoms. The maximum atomic E-state index is 5.13. The molecule has 0 bridgehead atoms. The zero-order chi connectivity index (χ0) is 17.9. The second-order valence-electron chi connectivity index (χ2n) is 7.70. The Kier molecular flexibility index (Phi) is 5.58. The van der Waals surface area contributed by atoms with E-state index in [2.05, 4.69) is 56.3 Å². The number of hydrogen-bond acceptors (Lipinski definition) is 4. The van der Waals surface area contributed by atoms with Gasteiger partial charge in [-0.3, -0.25) is 4.99 Å². The molecule has 0 radical (unpaired) electrons. The summed E-state index contributed by atoms with van der Waals surface area (Å²) in [5.74, 6) is 2.98. The normalized spacial score (nSPS) is 22.0. The molecular weight excluding hydrogens is 298 g/mol. The van der Waals surface area contributed by atoms with Crippen molar-refractivity contribution in [3.63, 3.8) is 0 Å². The monoisotopic (exact) mass is 329 g/mol. The number of amidine groups is 1. The maximum Gasteiger partial charge on any atom is 0.153 e. The van der Waals surface area contributed by atoms with Crippen molar-refractivity contribution in [2.24, 2.45) is 10.4 Å². The van der Waals surface area contributed by atoms with Gasteiger partial charge in [-0.15, -0.1) is 0 Å². The number of hydrogen-bond donors (Lipinski definition) is 0. The van der Waals surface area contributed by atoms with Gasteiger partial charge < -0.3 is 14.5 Å². The van der Waals surface area contributed by atoms with Gasteiger partial charge in [0.15, 0.2) is 5.84 Å². The number of allylic oxidation sites excluding steroid dienone is 3.